The van der Waals surface area contributed by atoms with Crippen LogP contribution in [0, 0.1) is 17.8 Å². The van der Waals surface area contributed by atoms with Crippen LogP contribution in [0.5, 0.6) is 0 Å². The fraction of sp³-hybridized carbons (Fsp3) is 0.852. The summed E-state index contributed by atoms with van der Waals surface area (Å²) in [6, 6.07) is 0. The van der Waals surface area contributed by atoms with E-state index in [4.69, 9.17) is 4.74 Å². The van der Waals surface area contributed by atoms with Crippen molar-refractivity contribution in [2.75, 3.05) is 0 Å². The molecule has 28 heavy (non-hydrogen) atoms. The molecule has 0 N–H and O–H groups in total. The van der Waals surface area contributed by atoms with E-state index in [1.807, 2.05) is 0 Å². The van der Waals surface area contributed by atoms with Crippen molar-refractivity contribution in [1.29, 1.82) is 0 Å². The van der Waals surface area contributed by atoms with Gasteiger partial charge in [-0.3, -0.25) is 0 Å². The first-order valence-corrected chi connectivity index (χ1v) is 12.4. The largest absolute Gasteiger partial charge is 0.367 e. The van der Waals surface area contributed by atoms with Crippen LogP contribution in [-0.4, -0.2) is 11.7 Å². The van der Waals surface area contributed by atoms with Crippen molar-refractivity contribution in [2.45, 2.75) is 130 Å². The van der Waals surface area contributed by atoms with Gasteiger partial charge in [-0.25, -0.2) is 0 Å². The van der Waals surface area contributed by atoms with Gasteiger partial charge >= 0.3 is 0 Å². The first kappa shape index (κ1) is 23.7. The number of fused-ring (bicyclic) bond motifs is 1. The summed E-state index contributed by atoms with van der Waals surface area (Å²) in [5.41, 5.74) is 3.30. The molecular weight excluding hydrogens is 340 g/mol. The Balaban J connectivity index is 1.66. The minimum absolute atomic E-state index is 0.103. The third-order valence-electron chi connectivity index (χ3n) is 7.57. The number of allylic oxidation sites excluding steroid dienone is 3. The number of ether oxygens (including phenoxy) is 1. The van der Waals surface area contributed by atoms with E-state index in [-0.39, 0.29) is 5.60 Å². The lowest BCUT2D eigenvalue weighted by atomic mass is 9.74. The van der Waals surface area contributed by atoms with Crippen LogP contribution in [-0.2, 0) is 4.74 Å². The van der Waals surface area contributed by atoms with E-state index >= 15 is 0 Å². The Morgan fingerprint density at radius 2 is 2.00 bits per heavy atom. The molecule has 0 radical (unpaired) electrons. The van der Waals surface area contributed by atoms with Crippen LogP contribution in [0.2, 0.25) is 0 Å². The van der Waals surface area contributed by atoms with Gasteiger partial charge in [0.25, 0.3) is 0 Å². The Morgan fingerprint density at radius 3 is 2.75 bits per heavy atom. The summed E-state index contributed by atoms with van der Waals surface area (Å²) in [4.78, 5) is 0. The average Bonchev–Trinajstić information content (AvgIpc) is 2.65. The molecule has 0 amide bonds. The molecule has 162 valence electrons. The van der Waals surface area contributed by atoms with Crippen molar-refractivity contribution in [1.82, 2.24) is 0 Å². The van der Waals surface area contributed by atoms with Gasteiger partial charge in [0.05, 0.1) is 11.7 Å². The summed E-state index contributed by atoms with van der Waals surface area (Å²) in [5, 5.41) is 0. The van der Waals surface area contributed by atoms with Gasteiger partial charge in [-0.05, 0) is 82.1 Å². The topological polar surface area (TPSA) is 9.23 Å². The lowest BCUT2D eigenvalue weighted by Crippen LogP contribution is -2.45. The summed E-state index contributed by atoms with van der Waals surface area (Å²) in [5.74, 6) is 2.28. The molecule has 0 aromatic rings. The molecule has 0 saturated carbocycles. The predicted octanol–water partition coefficient (Wildman–Crippen LogP) is 8.64. The van der Waals surface area contributed by atoms with Crippen molar-refractivity contribution < 1.29 is 4.74 Å². The molecule has 0 spiro atoms. The Bertz CT molecular complexity index is 516. The first-order chi connectivity index (χ1) is 13.3. The zero-order valence-corrected chi connectivity index (χ0v) is 19.9. The molecule has 0 aromatic heterocycles. The maximum Gasteiger partial charge on any atom is 0.0820 e. The van der Waals surface area contributed by atoms with Crippen molar-refractivity contribution in [3.05, 3.63) is 23.3 Å². The van der Waals surface area contributed by atoms with Gasteiger partial charge in [-0.2, -0.15) is 0 Å². The number of unbranched alkanes of at least 4 members (excludes halogenated alkanes) is 2. The maximum atomic E-state index is 6.73. The van der Waals surface area contributed by atoms with Gasteiger partial charge in [-0.1, -0.05) is 77.5 Å². The van der Waals surface area contributed by atoms with Crippen molar-refractivity contribution in [3.8, 4) is 0 Å². The number of hydrogen-bond acceptors (Lipinski definition) is 1. The van der Waals surface area contributed by atoms with Gasteiger partial charge < -0.3 is 4.74 Å². The van der Waals surface area contributed by atoms with E-state index in [0.29, 0.717) is 12.0 Å². The summed E-state index contributed by atoms with van der Waals surface area (Å²) in [6.07, 6.45) is 20.9. The van der Waals surface area contributed by atoms with Crippen molar-refractivity contribution >= 4 is 0 Å². The Kier molecular flexibility index (Phi) is 9.81. The molecular formula is C27H48O. The molecule has 1 fully saturated rings. The van der Waals surface area contributed by atoms with Crippen LogP contribution in [0.1, 0.15) is 119 Å². The zero-order valence-electron chi connectivity index (χ0n) is 19.9. The fourth-order valence-electron chi connectivity index (χ4n) is 5.04. The highest BCUT2D eigenvalue weighted by molar-refractivity contribution is 5.18. The predicted molar refractivity (Wildman–Crippen MR) is 124 cm³/mol. The molecule has 1 saturated heterocycles. The molecule has 0 bridgehead atoms. The minimum atomic E-state index is 0.103. The van der Waals surface area contributed by atoms with E-state index in [1.54, 1.807) is 11.1 Å². The Labute approximate surface area is 176 Å². The Hall–Kier alpha value is -0.560. The van der Waals surface area contributed by atoms with E-state index in [0.717, 1.165) is 11.8 Å². The second-order valence-corrected chi connectivity index (χ2v) is 10.4. The SMILES string of the molecule is CCCCC=C(C)CCCC(C)CCCC1(C)CCC2=CCC(C)C(C)C2O1. The zero-order chi connectivity index (χ0) is 20.6. The first-order valence-electron chi connectivity index (χ1n) is 12.4. The molecule has 1 heteroatoms. The summed E-state index contributed by atoms with van der Waals surface area (Å²) in [6.45, 7) is 14.2. The summed E-state index contributed by atoms with van der Waals surface area (Å²) < 4.78 is 6.73. The van der Waals surface area contributed by atoms with Crippen LogP contribution >= 0.6 is 0 Å². The maximum absolute atomic E-state index is 6.73. The molecule has 1 aliphatic carbocycles. The quantitative estimate of drug-likeness (QED) is 0.254. The van der Waals surface area contributed by atoms with Crippen LogP contribution in [0.25, 0.3) is 0 Å². The Morgan fingerprint density at radius 1 is 1.25 bits per heavy atom. The lowest BCUT2D eigenvalue weighted by Gasteiger charge is -2.46. The molecule has 1 aliphatic heterocycles. The number of rotatable bonds is 11. The smallest absolute Gasteiger partial charge is 0.0820 e. The molecule has 2 rings (SSSR count). The highest BCUT2D eigenvalue weighted by atomic mass is 16.5. The average molecular weight is 389 g/mol. The van der Waals surface area contributed by atoms with Crippen LogP contribution < -0.4 is 0 Å². The van der Waals surface area contributed by atoms with Gasteiger partial charge in [-0.15, -0.1) is 0 Å². The van der Waals surface area contributed by atoms with E-state index in [1.165, 1.54) is 77.0 Å². The molecule has 2 aliphatic rings. The van der Waals surface area contributed by atoms with E-state index in [2.05, 4.69) is 53.7 Å². The third kappa shape index (κ3) is 7.36. The van der Waals surface area contributed by atoms with Gasteiger partial charge in [0.15, 0.2) is 0 Å². The summed E-state index contributed by atoms with van der Waals surface area (Å²) in [7, 11) is 0. The standard InChI is InChI=1S/C27H48O/c1-7-8-9-12-21(2)13-10-14-22(3)15-11-19-27(6)20-18-25-17-16-23(4)24(5)26(25)28-27/h12,17,22-24,26H,7-11,13-16,18-20H2,1-6H3. The third-order valence-corrected chi connectivity index (χ3v) is 7.57. The van der Waals surface area contributed by atoms with Crippen LogP contribution in [0.15, 0.2) is 23.3 Å². The second kappa shape index (κ2) is 11.6. The minimum Gasteiger partial charge on any atom is -0.367 e. The van der Waals surface area contributed by atoms with Gasteiger partial charge in [0, 0.05) is 0 Å². The van der Waals surface area contributed by atoms with Crippen molar-refractivity contribution in [2.24, 2.45) is 17.8 Å². The van der Waals surface area contributed by atoms with Crippen LogP contribution in [0.3, 0.4) is 0 Å². The number of hydrogen-bond donors (Lipinski definition) is 0. The highest BCUT2D eigenvalue weighted by Crippen LogP contribution is 2.43. The highest BCUT2D eigenvalue weighted by Gasteiger charge is 2.40. The molecule has 5 unspecified atom stereocenters. The van der Waals surface area contributed by atoms with Gasteiger partial charge in [0.2, 0.25) is 0 Å². The van der Waals surface area contributed by atoms with Crippen LogP contribution in [0.4, 0.5) is 0 Å². The lowest BCUT2D eigenvalue weighted by molar-refractivity contribution is -0.125. The summed E-state index contributed by atoms with van der Waals surface area (Å²) >= 11 is 0. The monoisotopic (exact) mass is 388 g/mol. The van der Waals surface area contributed by atoms with Gasteiger partial charge in [0.1, 0.15) is 0 Å². The second-order valence-electron chi connectivity index (χ2n) is 10.4. The van der Waals surface area contributed by atoms with E-state index in [9.17, 15) is 0 Å². The van der Waals surface area contributed by atoms with Crippen molar-refractivity contribution in [3.63, 3.8) is 0 Å². The molecule has 1 heterocycles. The molecule has 5 atom stereocenters. The normalized spacial score (nSPS) is 32.0. The van der Waals surface area contributed by atoms with E-state index < -0.39 is 0 Å². The fourth-order valence-corrected chi connectivity index (χ4v) is 5.04. The molecule has 1 nitrogen and oxygen atoms in total. The molecule has 0 aromatic carbocycles.